The van der Waals surface area contributed by atoms with Gasteiger partial charge < -0.3 is 15.5 Å². The third-order valence-corrected chi connectivity index (χ3v) is 5.11. The van der Waals surface area contributed by atoms with Gasteiger partial charge in [-0.25, -0.2) is 4.98 Å². The minimum Gasteiger partial charge on any atom is -0.362 e. The highest BCUT2D eigenvalue weighted by atomic mass is 35.5. The van der Waals surface area contributed by atoms with E-state index in [-0.39, 0.29) is 6.04 Å². The standard InChI is InChI=1S/C17H20Cl3N5/c1-10-8-21-5-6-25(10)17-22-9-15(20)16(24-17)23-11(2)13-4-3-12(18)7-14(13)19/h3-4,7,9-11,21H,5-6,8H2,1-2H3,(H,22,23,24)/t10-,11?/m0/s1. The molecule has 1 fully saturated rings. The third kappa shape index (κ3) is 4.29. The number of rotatable bonds is 4. The second-order valence-corrected chi connectivity index (χ2v) is 7.40. The summed E-state index contributed by atoms with van der Waals surface area (Å²) in [5, 5.41) is 8.38. The molecule has 8 heteroatoms. The van der Waals surface area contributed by atoms with Crippen molar-refractivity contribution >= 4 is 46.6 Å². The number of hydrogen-bond acceptors (Lipinski definition) is 5. The molecule has 0 bridgehead atoms. The van der Waals surface area contributed by atoms with Crippen LogP contribution in [0.25, 0.3) is 0 Å². The second-order valence-electron chi connectivity index (χ2n) is 6.14. The average molecular weight is 401 g/mol. The van der Waals surface area contributed by atoms with Gasteiger partial charge in [0.05, 0.1) is 12.2 Å². The molecule has 0 spiro atoms. The van der Waals surface area contributed by atoms with Gasteiger partial charge in [0.2, 0.25) is 5.95 Å². The average Bonchev–Trinajstić information content (AvgIpc) is 2.57. The minimum atomic E-state index is -0.0783. The maximum Gasteiger partial charge on any atom is 0.227 e. The molecule has 1 unspecified atom stereocenters. The van der Waals surface area contributed by atoms with Crippen molar-refractivity contribution in [3.8, 4) is 0 Å². The molecule has 25 heavy (non-hydrogen) atoms. The fraction of sp³-hybridized carbons (Fsp3) is 0.412. The number of piperazine rings is 1. The Balaban J connectivity index is 1.83. The third-order valence-electron chi connectivity index (χ3n) is 4.27. The molecule has 0 radical (unpaired) electrons. The molecule has 0 amide bonds. The van der Waals surface area contributed by atoms with Crippen LogP contribution in [0.1, 0.15) is 25.5 Å². The van der Waals surface area contributed by atoms with Crippen molar-refractivity contribution in [1.82, 2.24) is 15.3 Å². The molecule has 1 aliphatic rings. The van der Waals surface area contributed by atoms with Gasteiger partial charge in [-0.3, -0.25) is 0 Å². The van der Waals surface area contributed by atoms with Crippen molar-refractivity contribution in [2.75, 3.05) is 29.9 Å². The van der Waals surface area contributed by atoms with Gasteiger partial charge in [-0.15, -0.1) is 0 Å². The Bertz CT molecular complexity index is 755. The Labute approximate surface area is 162 Å². The van der Waals surface area contributed by atoms with Crippen LogP contribution in [0.5, 0.6) is 0 Å². The zero-order chi connectivity index (χ0) is 18.0. The smallest absolute Gasteiger partial charge is 0.227 e. The maximum atomic E-state index is 6.30. The van der Waals surface area contributed by atoms with Crippen LogP contribution in [-0.4, -0.2) is 35.6 Å². The van der Waals surface area contributed by atoms with E-state index >= 15 is 0 Å². The lowest BCUT2D eigenvalue weighted by Gasteiger charge is -2.34. The first kappa shape index (κ1) is 18.5. The molecule has 1 saturated heterocycles. The lowest BCUT2D eigenvalue weighted by atomic mass is 10.1. The van der Waals surface area contributed by atoms with Crippen molar-refractivity contribution in [3.05, 3.63) is 45.0 Å². The van der Waals surface area contributed by atoms with E-state index in [9.17, 15) is 0 Å². The van der Waals surface area contributed by atoms with Gasteiger partial charge in [-0.2, -0.15) is 4.98 Å². The number of nitrogens with one attached hydrogen (secondary N) is 2. The molecule has 2 atom stereocenters. The van der Waals surface area contributed by atoms with Crippen LogP contribution in [0.15, 0.2) is 24.4 Å². The summed E-state index contributed by atoms with van der Waals surface area (Å²) in [5.41, 5.74) is 0.929. The molecule has 2 heterocycles. The number of halogens is 3. The van der Waals surface area contributed by atoms with Crippen LogP contribution in [-0.2, 0) is 0 Å². The largest absolute Gasteiger partial charge is 0.362 e. The molecule has 134 valence electrons. The first-order valence-corrected chi connectivity index (χ1v) is 9.30. The topological polar surface area (TPSA) is 53.1 Å². The Kier molecular flexibility index (Phi) is 5.89. The van der Waals surface area contributed by atoms with Gasteiger partial charge in [0.15, 0.2) is 5.82 Å². The lowest BCUT2D eigenvalue weighted by Crippen LogP contribution is -2.50. The van der Waals surface area contributed by atoms with Gasteiger partial charge in [-0.1, -0.05) is 40.9 Å². The van der Waals surface area contributed by atoms with Crippen molar-refractivity contribution < 1.29 is 0 Å². The number of nitrogens with zero attached hydrogens (tertiary/aromatic N) is 3. The molecular weight excluding hydrogens is 381 g/mol. The number of benzene rings is 1. The fourth-order valence-electron chi connectivity index (χ4n) is 2.87. The number of hydrogen-bond donors (Lipinski definition) is 2. The van der Waals surface area contributed by atoms with Gasteiger partial charge in [0.25, 0.3) is 0 Å². The van der Waals surface area contributed by atoms with Crippen molar-refractivity contribution in [3.63, 3.8) is 0 Å². The summed E-state index contributed by atoms with van der Waals surface area (Å²) in [6, 6.07) is 5.69. The van der Waals surface area contributed by atoms with Crippen LogP contribution in [0.4, 0.5) is 11.8 Å². The van der Waals surface area contributed by atoms with Crippen LogP contribution in [0.2, 0.25) is 15.1 Å². The number of anilines is 2. The van der Waals surface area contributed by atoms with Crippen LogP contribution < -0.4 is 15.5 Å². The molecule has 2 aromatic rings. The molecular formula is C17H20Cl3N5. The van der Waals surface area contributed by atoms with E-state index in [1.54, 1.807) is 12.3 Å². The zero-order valence-electron chi connectivity index (χ0n) is 14.1. The SMILES string of the molecule is CC(Nc1nc(N2CCNC[C@@H]2C)ncc1Cl)c1ccc(Cl)cc1Cl. The molecule has 1 aliphatic heterocycles. The summed E-state index contributed by atoms with van der Waals surface area (Å²) >= 11 is 18.6. The van der Waals surface area contributed by atoms with Crippen molar-refractivity contribution in [2.24, 2.45) is 0 Å². The van der Waals surface area contributed by atoms with Gasteiger partial charge >= 0.3 is 0 Å². The summed E-state index contributed by atoms with van der Waals surface area (Å²) in [6.07, 6.45) is 1.64. The van der Waals surface area contributed by atoms with Gasteiger partial charge in [0, 0.05) is 35.7 Å². The van der Waals surface area contributed by atoms with Crippen molar-refractivity contribution in [1.29, 1.82) is 0 Å². The highest BCUT2D eigenvalue weighted by Crippen LogP contribution is 2.30. The Morgan fingerprint density at radius 3 is 2.80 bits per heavy atom. The van der Waals surface area contributed by atoms with E-state index in [0.717, 1.165) is 25.2 Å². The summed E-state index contributed by atoms with van der Waals surface area (Å²) in [6.45, 7) is 6.83. The summed E-state index contributed by atoms with van der Waals surface area (Å²) in [5.74, 6) is 1.27. The summed E-state index contributed by atoms with van der Waals surface area (Å²) < 4.78 is 0. The quantitative estimate of drug-likeness (QED) is 0.796. The van der Waals surface area contributed by atoms with Gasteiger partial charge in [-0.05, 0) is 31.5 Å². The highest BCUT2D eigenvalue weighted by molar-refractivity contribution is 6.35. The molecule has 1 aromatic carbocycles. The Morgan fingerprint density at radius 2 is 2.08 bits per heavy atom. The van der Waals surface area contributed by atoms with E-state index < -0.39 is 0 Å². The minimum absolute atomic E-state index is 0.0783. The Morgan fingerprint density at radius 1 is 1.28 bits per heavy atom. The molecule has 2 N–H and O–H groups in total. The molecule has 1 aromatic heterocycles. The molecule has 5 nitrogen and oxygen atoms in total. The molecule has 3 rings (SSSR count). The highest BCUT2D eigenvalue weighted by Gasteiger charge is 2.22. The first-order chi connectivity index (χ1) is 12.0. The maximum absolute atomic E-state index is 6.30. The van der Waals surface area contributed by atoms with E-state index in [1.165, 1.54) is 0 Å². The van der Waals surface area contributed by atoms with Crippen LogP contribution in [0.3, 0.4) is 0 Å². The predicted octanol–water partition coefficient (Wildman–Crippen LogP) is 4.41. The summed E-state index contributed by atoms with van der Waals surface area (Å²) in [7, 11) is 0. The first-order valence-electron chi connectivity index (χ1n) is 8.17. The van der Waals surface area contributed by atoms with Crippen LogP contribution >= 0.6 is 34.8 Å². The summed E-state index contributed by atoms with van der Waals surface area (Å²) in [4.78, 5) is 11.2. The van der Waals surface area contributed by atoms with Crippen LogP contribution in [0, 0.1) is 0 Å². The van der Waals surface area contributed by atoms with E-state index in [1.807, 2.05) is 19.1 Å². The lowest BCUT2D eigenvalue weighted by molar-refractivity contribution is 0.493. The molecule has 0 saturated carbocycles. The van der Waals surface area contributed by atoms with Gasteiger partial charge in [0.1, 0.15) is 5.02 Å². The monoisotopic (exact) mass is 399 g/mol. The number of aromatic nitrogens is 2. The predicted molar refractivity (Wildman–Crippen MR) is 105 cm³/mol. The second kappa shape index (κ2) is 7.96. The van der Waals surface area contributed by atoms with E-state index in [4.69, 9.17) is 34.8 Å². The zero-order valence-corrected chi connectivity index (χ0v) is 16.3. The Hall–Kier alpha value is -1.27. The molecule has 0 aliphatic carbocycles. The normalized spacial score (nSPS) is 18.9. The van der Waals surface area contributed by atoms with E-state index in [0.29, 0.717) is 32.9 Å². The fourth-order valence-corrected chi connectivity index (χ4v) is 3.59. The van der Waals surface area contributed by atoms with Crippen molar-refractivity contribution in [2.45, 2.75) is 25.9 Å². The van der Waals surface area contributed by atoms with E-state index in [2.05, 4.69) is 32.4 Å².